The summed E-state index contributed by atoms with van der Waals surface area (Å²) in [6, 6.07) is 7.73. The van der Waals surface area contributed by atoms with Crippen molar-refractivity contribution >= 4 is 11.6 Å². The van der Waals surface area contributed by atoms with E-state index >= 15 is 0 Å². The Hall–Kier alpha value is -1.92. The van der Waals surface area contributed by atoms with Crippen molar-refractivity contribution in [2.24, 2.45) is 0 Å². The number of hydrogen-bond donors (Lipinski definition) is 0. The Bertz CT molecular complexity index is 600. The zero-order valence-corrected chi connectivity index (χ0v) is 10.9. The maximum absolute atomic E-state index is 9.26. The fourth-order valence-electron chi connectivity index (χ4n) is 1.83. The van der Waals surface area contributed by atoms with Crippen LogP contribution in [0.1, 0.15) is 30.9 Å². The lowest BCUT2D eigenvalue weighted by Gasteiger charge is -2.14. The molecule has 0 N–H and O–H groups in total. The molecule has 0 amide bonds. The van der Waals surface area contributed by atoms with Crippen molar-refractivity contribution in [3.8, 4) is 17.3 Å². The van der Waals surface area contributed by atoms with Gasteiger partial charge in [-0.15, -0.1) is 0 Å². The third kappa shape index (κ3) is 2.20. The highest BCUT2D eigenvalue weighted by atomic mass is 35.5. The quantitative estimate of drug-likeness (QED) is 0.769. The average molecular weight is 258 g/mol. The molecule has 2 rings (SSSR count). The van der Waals surface area contributed by atoms with Gasteiger partial charge in [0, 0.05) is 18.0 Å². The van der Waals surface area contributed by atoms with Crippen LogP contribution in [0, 0.1) is 11.3 Å². The second kappa shape index (κ2) is 5.16. The normalized spacial score (nSPS) is 10.4. The Morgan fingerprint density at radius 1 is 1.28 bits per heavy atom. The molecule has 3 nitrogen and oxygen atoms in total. The van der Waals surface area contributed by atoms with Crippen molar-refractivity contribution < 1.29 is 0 Å². The van der Waals surface area contributed by atoms with Crippen molar-refractivity contribution in [1.29, 1.82) is 5.26 Å². The van der Waals surface area contributed by atoms with Crippen LogP contribution >= 0.6 is 11.6 Å². The molecule has 0 aliphatic rings. The smallest absolute Gasteiger partial charge is 0.147 e. The van der Waals surface area contributed by atoms with Crippen molar-refractivity contribution in [1.82, 2.24) is 9.97 Å². The molecule has 0 atom stereocenters. The van der Waals surface area contributed by atoms with Crippen molar-refractivity contribution in [3.05, 3.63) is 46.9 Å². The highest BCUT2D eigenvalue weighted by Crippen LogP contribution is 2.33. The zero-order valence-electron chi connectivity index (χ0n) is 10.2. The van der Waals surface area contributed by atoms with Gasteiger partial charge in [-0.25, -0.2) is 4.98 Å². The molecule has 0 aromatic carbocycles. The highest BCUT2D eigenvalue weighted by Gasteiger charge is 2.17. The van der Waals surface area contributed by atoms with E-state index in [-0.39, 0.29) is 11.1 Å². The number of pyridine rings is 2. The maximum Gasteiger partial charge on any atom is 0.147 e. The number of nitriles is 1. The van der Waals surface area contributed by atoms with Gasteiger partial charge in [0.2, 0.25) is 0 Å². The first kappa shape index (κ1) is 12.5. The van der Waals surface area contributed by atoms with Crippen molar-refractivity contribution in [2.45, 2.75) is 19.8 Å². The summed E-state index contributed by atoms with van der Waals surface area (Å²) in [5.74, 6) is 0.249. The highest BCUT2D eigenvalue weighted by molar-refractivity contribution is 6.31. The molecule has 2 aromatic heterocycles. The van der Waals surface area contributed by atoms with Gasteiger partial charge in [0.05, 0.1) is 11.3 Å². The van der Waals surface area contributed by atoms with Gasteiger partial charge in [-0.1, -0.05) is 31.5 Å². The Morgan fingerprint density at radius 2 is 2.06 bits per heavy atom. The summed E-state index contributed by atoms with van der Waals surface area (Å²) in [5, 5.41) is 9.49. The number of hydrogen-bond acceptors (Lipinski definition) is 3. The summed E-state index contributed by atoms with van der Waals surface area (Å²) in [7, 11) is 0. The Balaban J connectivity index is 2.78. The van der Waals surface area contributed by atoms with E-state index in [0.717, 1.165) is 16.8 Å². The number of halogens is 1. The van der Waals surface area contributed by atoms with Crippen LogP contribution in [0.5, 0.6) is 0 Å². The van der Waals surface area contributed by atoms with Crippen LogP contribution in [-0.4, -0.2) is 9.97 Å². The third-order valence-corrected chi connectivity index (χ3v) is 3.00. The molecule has 0 saturated heterocycles. The predicted octanol–water partition coefficient (Wildman–Crippen LogP) is 3.79. The van der Waals surface area contributed by atoms with Gasteiger partial charge in [-0.3, -0.25) is 4.98 Å². The zero-order chi connectivity index (χ0) is 13.1. The lowest BCUT2D eigenvalue weighted by Crippen LogP contribution is -2.00. The summed E-state index contributed by atoms with van der Waals surface area (Å²) in [6.07, 6.45) is 3.42. The van der Waals surface area contributed by atoms with Crippen LogP contribution in [0.4, 0.5) is 0 Å². The van der Waals surface area contributed by atoms with E-state index in [1.807, 2.05) is 18.2 Å². The Morgan fingerprint density at radius 3 is 2.61 bits per heavy atom. The fraction of sp³-hybridized carbons (Fsp3) is 0.214. The van der Waals surface area contributed by atoms with E-state index < -0.39 is 0 Å². The molecule has 0 fully saturated rings. The molecule has 2 heterocycles. The molecule has 0 saturated carbocycles. The lowest BCUT2D eigenvalue weighted by atomic mass is 9.94. The molecular formula is C14H12ClN3. The summed E-state index contributed by atoms with van der Waals surface area (Å²) in [6.45, 7) is 4.11. The van der Waals surface area contributed by atoms with Gasteiger partial charge >= 0.3 is 0 Å². The van der Waals surface area contributed by atoms with Gasteiger partial charge in [0.25, 0.3) is 0 Å². The monoisotopic (exact) mass is 257 g/mol. The molecule has 0 spiro atoms. The van der Waals surface area contributed by atoms with Crippen molar-refractivity contribution in [2.75, 3.05) is 0 Å². The third-order valence-electron chi connectivity index (χ3n) is 2.72. The van der Waals surface area contributed by atoms with E-state index in [1.54, 1.807) is 12.4 Å². The maximum atomic E-state index is 9.26. The first-order valence-corrected chi connectivity index (χ1v) is 6.02. The van der Waals surface area contributed by atoms with Gasteiger partial charge < -0.3 is 0 Å². The van der Waals surface area contributed by atoms with Gasteiger partial charge in [0.15, 0.2) is 0 Å². The molecule has 0 bridgehead atoms. The molecule has 2 aromatic rings. The summed E-state index contributed by atoms with van der Waals surface area (Å²) < 4.78 is 0. The molecule has 0 unspecified atom stereocenters. The van der Waals surface area contributed by atoms with Crippen molar-refractivity contribution in [3.63, 3.8) is 0 Å². The van der Waals surface area contributed by atoms with E-state index in [0.29, 0.717) is 5.56 Å². The molecule has 0 aliphatic heterocycles. The molecular weight excluding hydrogens is 246 g/mol. The standard InChI is InChI=1S/C14H12ClN3/c1-9(2)11-8-18-14(15)10(7-16)13(11)12-5-3-4-6-17-12/h3-6,8-9H,1-2H3. The summed E-state index contributed by atoms with van der Waals surface area (Å²) in [5.41, 5.74) is 2.91. The first-order chi connectivity index (χ1) is 8.65. The van der Waals surface area contributed by atoms with Crippen LogP contribution in [0.25, 0.3) is 11.3 Å². The van der Waals surface area contributed by atoms with Crippen LogP contribution < -0.4 is 0 Å². The second-order valence-corrected chi connectivity index (χ2v) is 4.59. The van der Waals surface area contributed by atoms with Gasteiger partial charge in [-0.05, 0) is 23.6 Å². The van der Waals surface area contributed by atoms with E-state index in [9.17, 15) is 5.26 Å². The van der Waals surface area contributed by atoms with E-state index in [1.165, 1.54) is 0 Å². The van der Waals surface area contributed by atoms with E-state index in [4.69, 9.17) is 11.6 Å². The summed E-state index contributed by atoms with van der Waals surface area (Å²) in [4.78, 5) is 8.38. The van der Waals surface area contributed by atoms with Gasteiger partial charge in [0.1, 0.15) is 11.2 Å². The largest absolute Gasteiger partial charge is 0.256 e. The minimum Gasteiger partial charge on any atom is -0.256 e. The molecule has 0 radical (unpaired) electrons. The number of nitrogens with zero attached hydrogens (tertiary/aromatic N) is 3. The fourth-order valence-corrected chi connectivity index (χ4v) is 2.01. The van der Waals surface area contributed by atoms with Crippen LogP contribution in [0.2, 0.25) is 5.15 Å². The Kier molecular flexibility index (Phi) is 3.59. The minimum absolute atomic E-state index is 0.225. The molecule has 4 heteroatoms. The molecule has 18 heavy (non-hydrogen) atoms. The second-order valence-electron chi connectivity index (χ2n) is 4.24. The van der Waals surface area contributed by atoms with E-state index in [2.05, 4.69) is 29.9 Å². The molecule has 90 valence electrons. The summed E-state index contributed by atoms with van der Waals surface area (Å²) >= 11 is 5.99. The first-order valence-electron chi connectivity index (χ1n) is 5.65. The van der Waals surface area contributed by atoms with Crippen LogP contribution in [-0.2, 0) is 0 Å². The van der Waals surface area contributed by atoms with Crippen LogP contribution in [0.3, 0.4) is 0 Å². The topological polar surface area (TPSA) is 49.6 Å². The molecule has 0 aliphatic carbocycles. The SMILES string of the molecule is CC(C)c1cnc(Cl)c(C#N)c1-c1ccccn1. The number of rotatable bonds is 2. The average Bonchev–Trinajstić information content (AvgIpc) is 2.39. The Labute approximate surface area is 111 Å². The lowest BCUT2D eigenvalue weighted by molar-refractivity contribution is 0.858. The van der Waals surface area contributed by atoms with Gasteiger partial charge in [-0.2, -0.15) is 5.26 Å². The predicted molar refractivity (Wildman–Crippen MR) is 71.3 cm³/mol. The minimum atomic E-state index is 0.225. The van der Waals surface area contributed by atoms with Crippen LogP contribution in [0.15, 0.2) is 30.6 Å². The number of aromatic nitrogens is 2.